The summed E-state index contributed by atoms with van der Waals surface area (Å²) in [4.78, 5) is 0. The van der Waals surface area contributed by atoms with Crippen molar-refractivity contribution in [3.63, 3.8) is 0 Å². The van der Waals surface area contributed by atoms with Gasteiger partial charge in [0.1, 0.15) is 5.82 Å². The van der Waals surface area contributed by atoms with Crippen LogP contribution < -0.4 is 5.32 Å². The molecule has 1 aliphatic heterocycles. The number of thioether (sulfide) groups is 1. The Hall–Kier alpha value is -0.290. The lowest BCUT2D eigenvalue weighted by atomic mass is 10.0. The molecule has 1 saturated heterocycles. The summed E-state index contributed by atoms with van der Waals surface area (Å²) < 4.78 is 19.9. The van der Waals surface area contributed by atoms with Gasteiger partial charge in [0.15, 0.2) is 0 Å². The van der Waals surface area contributed by atoms with E-state index in [0.717, 1.165) is 31.1 Å². The van der Waals surface area contributed by atoms with Crippen molar-refractivity contribution in [1.29, 1.82) is 0 Å². The van der Waals surface area contributed by atoms with Gasteiger partial charge >= 0.3 is 0 Å². The Labute approximate surface area is 129 Å². The molecule has 1 aromatic carbocycles. The topological polar surface area (TPSA) is 21.3 Å². The van der Waals surface area contributed by atoms with Crippen LogP contribution in [0, 0.1) is 5.82 Å². The van der Waals surface area contributed by atoms with Crippen LogP contribution in [0.3, 0.4) is 0 Å². The molecule has 5 heteroatoms. The largest absolute Gasteiger partial charge is 0.375 e. The third kappa shape index (κ3) is 4.35. The van der Waals surface area contributed by atoms with E-state index >= 15 is 0 Å². The standard InChI is InChI=1S/C15H21ClFNOS/c1-2-6-18-13(14-10-20-8-7-19-14)9-11-4-3-5-12(16)15(11)17/h3-5,13-14,18H,2,6-10H2,1H3. The van der Waals surface area contributed by atoms with Crippen molar-refractivity contribution in [2.24, 2.45) is 0 Å². The van der Waals surface area contributed by atoms with Crippen LogP contribution >= 0.6 is 23.4 Å². The van der Waals surface area contributed by atoms with Gasteiger partial charge in [0, 0.05) is 17.5 Å². The molecule has 1 aromatic rings. The number of rotatable bonds is 6. The van der Waals surface area contributed by atoms with E-state index in [0.29, 0.717) is 12.0 Å². The SMILES string of the molecule is CCCNC(Cc1cccc(Cl)c1F)C1CSCCO1. The van der Waals surface area contributed by atoms with E-state index in [9.17, 15) is 4.39 Å². The Morgan fingerprint density at radius 3 is 3.10 bits per heavy atom. The lowest BCUT2D eigenvalue weighted by molar-refractivity contribution is 0.0470. The van der Waals surface area contributed by atoms with Gasteiger partial charge in [-0.15, -0.1) is 0 Å². The lowest BCUT2D eigenvalue weighted by Gasteiger charge is -2.31. The Morgan fingerprint density at radius 2 is 2.40 bits per heavy atom. The lowest BCUT2D eigenvalue weighted by Crippen LogP contribution is -2.46. The average molecular weight is 318 g/mol. The van der Waals surface area contributed by atoms with E-state index < -0.39 is 0 Å². The minimum atomic E-state index is -0.305. The zero-order valence-electron chi connectivity index (χ0n) is 11.7. The summed E-state index contributed by atoms with van der Waals surface area (Å²) in [6.45, 7) is 3.82. The minimum Gasteiger partial charge on any atom is -0.375 e. The second kappa shape index (κ2) is 8.23. The highest BCUT2D eigenvalue weighted by Gasteiger charge is 2.25. The Kier molecular flexibility index (Phi) is 6.62. The van der Waals surface area contributed by atoms with Crippen molar-refractivity contribution in [3.8, 4) is 0 Å². The summed E-state index contributed by atoms with van der Waals surface area (Å²) >= 11 is 7.75. The van der Waals surface area contributed by atoms with Gasteiger partial charge in [0.05, 0.1) is 17.7 Å². The fraction of sp³-hybridized carbons (Fsp3) is 0.600. The van der Waals surface area contributed by atoms with Crippen LogP contribution in [0.25, 0.3) is 0 Å². The number of ether oxygens (including phenoxy) is 1. The van der Waals surface area contributed by atoms with E-state index in [1.807, 2.05) is 11.8 Å². The Morgan fingerprint density at radius 1 is 1.55 bits per heavy atom. The molecule has 2 rings (SSSR count). The maximum atomic E-state index is 14.0. The maximum absolute atomic E-state index is 14.0. The van der Waals surface area contributed by atoms with Crippen molar-refractivity contribution < 1.29 is 9.13 Å². The van der Waals surface area contributed by atoms with E-state index in [2.05, 4.69) is 12.2 Å². The molecule has 1 N–H and O–H groups in total. The maximum Gasteiger partial charge on any atom is 0.145 e. The highest BCUT2D eigenvalue weighted by Crippen LogP contribution is 2.22. The van der Waals surface area contributed by atoms with Crippen LogP contribution in [-0.4, -0.2) is 36.8 Å². The van der Waals surface area contributed by atoms with E-state index in [4.69, 9.17) is 16.3 Å². The van der Waals surface area contributed by atoms with Gasteiger partial charge in [-0.05, 0) is 31.0 Å². The molecule has 0 radical (unpaired) electrons. The van der Waals surface area contributed by atoms with Crippen molar-refractivity contribution in [2.75, 3.05) is 24.7 Å². The smallest absolute Gasteiger partial charge is 0.145 e. The molecule has 0 bridgehead atoms. The first-order chi connectivity index (χ1) is 9.72. The van der Waals surface area contributed by atoms with Crippen LogP contribution in [0.2, 0.25) is 5.02 Å². The van der Waals surface area contributed by atoms with Gasteiger partial charge in [-0.2, -0.15) is 11.8 Å². The number of benzene rings is 1. The minimum absolute atomic E-state index is 0.135. The van der Waals surface area contributed by atoms with E-state index in [1.165, 1.54) is 0 Å². The van der Waals surface area contributed by atoms with E-state index in [1.54, 1.807) is 18.2 Å². The highest BCUT2D eigenvalue weighted by molar-refractivity contribution is 7.99. The fourth-order valence-corrected chi connectivity index (χ4v) is 3.48. The zero-order chi connectivity index (χ0) is 14.4. The summed E-state index contributed by atoms with van der Waals surface area (Å²) in [5, 5.41) is 3.68. The molecule has 0 aromatic heterocycles. The molecule has 112 valence electrons. The quantitative estimate of drug-likeness (QED) is 0.867. The van der Waals surface area contributed by atoms with Gasteiger partial charge in [0.2, 0.25) is 0 Å². The monoisotopic (exact) mass is 317 g/mol. The molecule has 0 saturated carbocycles. The van der Waals surface area contributed by atoms with Crippen LogP contribution in [0.1, 0.15) is 18.9 Å². The number of halogens is 2. The molecule has 2 nitrogen and oxygen atoms in total. The summed E-state index contributed by atoms with van der Waals surface area (Å²) in [6, 6.07) is 5.32. The second-order valence-electron chi connectivity index (χ2n) is 4.96. The zero-order valence-corrected chi connectivity index (χ0v) is 13.3. The summed E-state index contributed by atoms with van der Waals surface area (Å²) in [7, 11) is 0. The van der Waals surface area contributed by atoms with Crippen LogP contribution in [-0.2, 0) is 11.2 Å². The van der Waals surface area contributed by atoms with Crippen molar-refractivity contribution in [2.45, 2.75) is 31.9 Å². The molecule has 0 amide bonds. The predicted molar refractivity (Wildman–Crippen MR) is 84.3 cm³/mol. The second-order valence-corrected chi connectivity index (χ2v) is 6.52. The third-order valence-electron chi connectivity index (χ3n) is 3.42. The van der Waals surface area contributed by atoms with Gasteiger partial charge in [-0.1, -0.05) is 30.7 Å². The van der Waals surface area contributed by atoms with Gasteiger partial charge in [-0.3, -0.25) is 0 Å². The average Bonchev–Trinajstić information content (AvgIpc) is 2.48. The summed E-state index contributed by atoms with van der Waals surface area (Å²) in [6.07, 6.45) is 1.80. The van der Waals surface area contributed by atoms with Gasteiger partial charge in [0.25, 0.3) is 0 Å². The first kappa shape index (κ1) is 16.1. The molecular weight excluding hydrogens is 297 g/mol. The van der Waals surface area contributed by atoms with Crippen LogP contribution in [0.15, 0.2) is 18.2 Å². The first-order valence-electron chi connectivity index (χ1n) is 7.08. The van der Waals surface area contributed by atoms with Crippen molar-refractivity contribution >= 4 is 23.4 Å². The van der Waals surface area contributed by atoms with Crippen LogP contribution in [0.5, 0.6) is 0 Å². The molecule has 20 heavy (non-hydrogen) atoms. The van der Waals surface area contributed by atoms with E-state index in [-0.39, 0.29) is 23.0 Å². The Balaban J connectivity index is 2.07. The highest BCUT2D eigenvalue weighted by atomic mass is 35.5. The predicted octanol–water partition coefficient (Wildman–Crippen LogP) is 3.52. The summed E-state index contributed by atoms with van der Waals surface area (Å²) in [5.41, 5.74) is 0.658. The molecule has 0 aliphatic carbocycles. The van der Waals surface area contributed by atoms with Crippen molar-refractivity contribution in [1.82, 2.24) is 5.32 Å². The summed E-state index contributed by atoms with van der Waals surface area (Å²) in [5.74, 6) is 1.70. The molecular formula is C15H21ClFNOS. The molecule has 1 heterocycles. The molecule has 1 fully saturated rings. The van der Waals surface area contributed by atoms with Gasteiger partial charge in [-0.25, -0.2) is 4.39 Å². The molecule has 0 spiro atoms. The molecule has 2 atom stereocenters. The molecule has 2 unspecified atom stereocenters. The normalized spacial score (nSPS) is 20.9. The van der Waals surface area contributed by atoms with Crippen LogP contribution in [0.4, 0.5) is 4.39 Å². The first-order valence-corrected chi connectivity index (χ1v) is 8.61. The van der Waals surface area contributed by atoms with Gasteiger partial charge < -0.3 is 10.1 Å². The fourth-order valence-electron chi connectivity index (χ4n) is 2.35. The Bertz CT molecular complexity index is 426. The molecule has 1 aliphatic rings. The number of hydrogen-bond acceptors (Lipinski definition) is 3. The van der Waals surface area contributed by atoms with Crippen molar-refractivity contribution in [3.05, 3.63) is 34.6 Å². The number of hydrogen-bond donors (Lipinski definition) is 1. The number of nitrogens with one attached hydrogen (secondary N) is 1. The third-order valence-corrected chi connectivity index (χ3v) is 4.73.